The molecule has 1 unspecified atom stereocenters. The first kappa shape index (κ1) is 25.7. The number of carbonyl (C=O) groups excluding carboxylic acids is 1. The van der Waals surface area contributed by atoms with Gasteiger partial charge in [-0.15, -0.1) is 0 Å². The van der Waals surface area contributed by atoms with Crippen LogP contribution >= 0.6 is 0 Å². The molecule has 34 heavy (non-hydrogen) atoms. The van der Waals surface area contributed by atoms with E-state index in [1.54, 1.807) is 0 Å². The van der Waals surface area contributed by atoms with E-state index in [2.05, 4.69) is 48.1 Å². The second kappa shape index (κ2) is 12.0. The smallest absolute Gasteiger partial charge is 0.255 e. The van der Waals surface area contributed by atoms with Gasteiger partial charge in [0.2, 0.25) is 0 Å². The van der Waals surface area contributed by atoms with Gasteiger partial charge >= 0.3 is 0 Å². The zero-order chi connectivity index (χ0) is 24.7. The topological polar surface area (TPSA) is 54.7 Å². The molecule has 0 saturated carbocycles. The summed E-state index contributed by atoms with van der Waals surface area (Å²) >= 11 is 0. The van der Waals surface area contributed by atoms with Gasteiger partial charge < -0.3 is 19.4 Å². The Labute approximate surface area is 203 Å². The molecular formula is C29H38N2O3. The zero-order valence-electron chi connectivity index (χ0n) is 21.2. The van der Waals surface area contributed by atoms with Crippen molar-refractivity contribution in [3.8, 4) is 0 Å². The molecule has 5 heteroatoms. The molecule has 1 aliphatic rings. The number of likely N-dealkylation sites (tertiary alicyclic amines) is 1. The Morgan fingerprint density at radius 3 is 2.68 bits per heavy atom. The Kier molecular flexibility index (Phi) is 9.08. The van der Waals surface area contributed by atoms with Crippen LogP contribution in [-0.4, -0.2) is 43.1 Å². The molecule has 2 aromatic rings. The van der Waals surface area contributed by atoms with E-state index < -0.39 is 0 Å². The third-order valence-electron chi connectivity index (χ3n) is 6.32. The van der Waals surface area contributed by atoms with E-state index in [1.807, 2.05) is 52.0 Å². The van der Waals surface area contributed by atoms with Crippen LogP contribution in [0.5, 0.6) is 0 Å². The number of nitrogens with one attached hydrogen (secondary N) is 1. The summed E-state index contributed by atoms with van der Waals surface area (Å²) in [6.07, 6.45) is 11.6. The number of benzene rings is 1. The van der Waals surface area contributed by atoms with Gasteiger partial charge in [-0.2, -0.15) is 0 Å². The highest BCUT2D eigenvalue weighted by Gasteiger charge is 2.22. The number of aryl methyl sites for hydroxylation is 1. The minimum Gasteiger partial charge on any atom is -0.461 e. The van der Waals surface area contributed by atoms with E-state index in [1.165, 1.54) is 0 Å². The van der Waals surface area contributed by atoms with Crippen LogP contribution in [-0.2, 0) is 11.3 Å². The fourth-order valence-corrected chi connectivity index (χ4v) is 4.39. The second-order valence-corrected chi connectivity index (χ2v) is 9.00. The van der Waals surface area contributed by atoms with Crippen molar-refractivity contribution in [2.75, 3.05) is 20.1 Å². The number of hydrogen-bond acceptors (Lipinski definition) is 4. The first-order chi connectivity index (χ1) is 16.4. The summed E-state index contributed by atoms with van der Waals surface area (Å²) < 4.78 is 12.1. The number of furan rings is 1. The van der Waals surface area contributed by atoms with Crippen LogP contribution in [0, 0.1) is 6.92 Å². The lowest BCUT2D eigenvalue weighted by molar-refractivity contribution is 0.0911. The summed E-state index contributed by atoms with van der Waals surface area (Å²) in [5, 5.41) is 4.02. The van der Waals surface area contributed by atoms with Gasteiger partial charge in [0, 0.05) is 11.3 Å². The first-order valence-electron chi connectivity index (χ1n) is 12.1. The maximum Gasteiger partial charge on any atom is 0.255 e. The van der Waals surface area contributed by atoms with Crippen LogP contribution in [0.1, 0.15) is 66.4 Å². The van der Waals surface area contributed by atoms with Crippen molar-refractivity contribution in [1.82, 2.24) is 10.2 Å². The number of hydrogen-bond donors (Lipinski definition) is 1. The van der Waals surface area contributed by atoms with Gasteiger partial charge in [-0.1, -0.05) is 36.9 Å². The van der Waals surface area contributed by atoms with Crippen LogP contribution in [0.15, 0.2) is 35.3 Å². The Morgan fingerprint density at radius 1 is 1.29 bits per heavy atom. The molecule has 1 atom stereocenters. The summed E-state index contributed by atoms with van der Waals surface area (Å²) in [7, 11) is 2.12. The predicted octanol–water partition coefficient (Wildman–Crippen LogP) is 4.27. The molecule has 1 aliphatic heterocycles. The number of rotatable bonds is 8. The van der Waals surface area contributed by atoms with Crippen LogP contribution in [0.25, 0.3) is 24.3 Å². The van der Waals surface area contributed by atoms with Crippen molar-refractivity contribution < 1.29 is 13.9 Å². The van der Waals surface area contributed by atoms with E-state index in [4.69, 9.17) is 9.15 Å². The highest BCUT2D eigenvalue weighted by Crippen LogP contribution is 2.17. The number of ether oxygens (including phenoxy) is 1. The summed E-state index contributed by atoms with van der Waals surface area (Å²) in [6.45, 7) is 14.1. The average molecular weight is 463 g/mol. The molecule has 3 rings (SSSR count). The molecule has 1 aromatic carbocycles. The van der Waals surface area contributed by atoms with Crippen molar-refractivity contribution in [3.05, 3.63) is 69.5 Å². The SMILES string of the molecule is C=Cc1ccc(COC(C)/C=c2/c(C(=O)NC3CCN(C)CC3)c(C)o/c2=C/C)cc1/C=C\C. The highest BCUT2D eigenvalue weighted by molar-refractivity contribution is 5.95. The molecular weight excluding hydrogens is 424 g/mol. The lowest BCUT2D eigenvalue weighted by atomic mass is 10.0. The lowest BCUT2D eigenvalue weighted by Crippen LogP contribution is -2.45. The van der Waals surface area contributed by atoms with Gasteiger partial charge in [-0.25, -0.2) is 0 Å². The third kappa shape index (κ3) is 6.37. The first-order valence-corrected chi connectivity index (χ1v) is 12.1. The van der Waals surface area contributed by atoms with Gasteiger partial charge in [0.1, 0.15) is 11.2 Å². The average Bonchev–Trinajstić information content (AvgIpc) is 3.14. The van der Waals surface area contributed by atoms with Crippen LogP contribution in [0.2, 0.25) is 0 Å². The van der Waals surface area contributed by atoms with Gasteiger partial charge in [0.25, 0.3) is 5.91 Å². The van der Waals surface area contributed by atoms with Crippen molar-refractivity contribution >= 4 is 30.2 Å². The highest BCUT2D eigenvalue weighted by atomic mass is 16.5. The Balaban J connectivity index is 1.78. The van der Waals surface area contributed by atoms with Gasteiger partial charge in [-0.3, -0.25) is 4.79 Å². The molecule has 0 bridgehead atoms. The van der Waals surface area contributed by atoms with Gasteiger partial charge in [0.05, 0.1) is 18.3 Å². The molecule has 1 saturated heterocycles. The van der Waals surface area contributed by atoms with Crippen LogP contribution in [0.3, 0.4) is 0 Å². The predicted molar refractivity (Wildman–Crippen MR) is 141 cm³/mol. The minimum absolute atomic E-state index is 0.0710. The summed E-state index contributed by atoms with van der Waals surface area (Å²) in [5.41, 5.74) is 4.61. The number of piperidine rings is 1. The minimum atomic E-state index is -0.199. The number of amides is 1. The summed E-state index contributed by atoms with van der Waals surface area (Å²) in [5.74, 6) is 0.561. The van der Waals surface area contributed by atoms with Gasteiger partial charge in [-0.05, 0) is 95.6 Å². The summed E-state index contributed by atoms with van der Waals surface area (Å²) in [6, 6.07) is 6.44. The molecule has 5 nitrogen and oxygen atoms in total. The second-order valence-electron chi connectivity index (χ2n) is 9.00. The van der Waals surface area contributed by atoms with Crippen molar-refractivity contribution in [3.63, 3.8) is 0 Å². The van der Waals surface area contributed by atoms with Crippen LogP contribution < -0.4 is 16.0 Å². The van der Waals surface area contributed by atoms with Crippen LogP contribution in [0.4, 0.5) is 0 Å². The fraction of sp³-hybridized carbons (Fsp3) is 0.414. The standard InChI is InChI=1S/C29H38N2O3/c1-7-10-24-18-22(11-12-23(24)8-2)19-33-20(4)17-26-27(9-3)34-21(5)28(26)29(32)30-25-13-15-31(6)16-14-25/h7-12,17-18,20,25H,2,13-16,19H2,1,3-6H3,(H,30,32)/b10-7-,26-17+,27-9+. The molecule has 1 fully saturated rings. The molecule has 0 radical (unpaired) electrons. The van der Waals surface area contributed by atoms with E-state index in [0.717, 1.165) is 47.8 Å². The number of nitrogens with zero attached hydrogens (tertiary/aromatic N) is 1. The third-order valence-corrected chi connectivity index (χ3v) is 6.32. The summed E-state index contributed by atoms with van der Waals surface area (Å²) in [4.78, 5) is 15.5. The lowest BCUT2D eigenvalue weighted by Gasteiger charge is -2.29. The molecule has 182 valence electrons. The Bertz CT molecular complexity index is 1150. The fourth-order valence-electron chi connectivity index (χ4n) is 4.39. The number of carbonyl (C=O) groups is 1. The van der Waals surface area contributed by atoms with Crippen molar-refractivity contribution in [2.24, 2.45) is 0 Å². The normalized spacial score (nSPS) is 17.4. The van der Waals surface area contributed by atoms with Crippen molar-refractivity contribution in [2.45, 2.75) is 59.3 Å². The monoisotopic (exact) mass is 462 g/mol. The van der Waals surface area contributed by atoms with E-state index in [9.17, 15) is 4.79 Å². The maximum absolute atomic E-state index is 13.2. The maximum atomic E-state index is 13.2. The van der Waals surface area contributed by atoms with Crippen molar-refractivity contribution in [1.29, 1.82) is 0 Å². The van der Waals surface area contributed by atoms with E-state index in [0.29, 0.717) is 23.3 Å². The van der Waals surface area contributed by atoms with E-state index in [-0.39, 0.29) is 18.1 Å². The molecule has 0 spiro atoms. The zero-order valence-corrected chi connectivity index (χ0v) is 21.2. The molecule has 0 aliphatic carbocycles. The quantitative estimate of drug-likeness (QED) is 0.636. The molecule has 1 N–H and O–H groups in total. The Morgan fingerprint density at radius 2 is 2.03 bits per heavy atom. The molecule has 1 aromatic heterocycles. The Hall–Kier alpha value is -2.89. The molecule has 2 heterocycles. The number of allylic oxidation sites excluding steroid dienone is 1. The molecule has 1 amide bonds. The van der Waals surface area contributed by atoms with Gasteiger partial charge in [0.15, 0.2) is 0 Å². The largest absolute Gasteiger partial charge is 0.461 e. The van der Waals surface area contributed by atoms with E-state index >= 15 is 0 Å².